The van der Waals surface area contributed by atoms with Gasteiger partial charge in [-0.3, -0.25) is 9.69 Å². The van der Waals surface area contributed by atoms with E-state index in [-0.39, 0.29) is 11.4 Å². The molecule has 3 aromatic heterocycles. The molecule has 0 spiro atoms. The molecule has 0 radical (unpaired) electrons. The summed E-state index contributed by atoms with van der Waals surface area (Å²) < 4.78 is 26.7. The Bertz CT molecular complexity index is 1610. The molecule has 1 N–H and O–H groups in total. The van der Waals surface area contributed by atoms with Crippen LogP contribution in [0.5, 0.6) is 5.75 Å². The molecule has 10 heteroatoms. The second-order valence-corrected chi connectivity index (χ2v) is 10.1. The van der Waals surface area contributed by atoms with Gasteiger partial charge in [0.15, 0.2) is 5.82 Å². The monoisotopic (exact) mass is 530 g/mol. The fourth-order valence-electron chi connectivity index (χ4n) is 4.64. The predicted octanol–water partition coefficient (Wildman–Crippen LogP) is 5.19. The number of furan rings is 1. The SMILES string of the molecule is CCC(C)(C)n1nnnc1C(c1cc2cc(OC)ccc2[nH]c1=O)N(Cc1ccc(F)cc1)Cc1ccco1. The standard InChI is InChI=1S/C29H31FN6O3/c1-5-29(2,3)36-27(32-33-34-36)26(24-16-20-15-22(38-4)12-13-25(20)31-28(24)37)35(18-23-7-6-14-39-23)17-19-8-10-21(30)11-9-19/h6-16,26H,5,17-18H2,1-4H3,(H,31,37). The second-order valence-electron chi connectivity index (χ2n) is 10.1. The van der Waals surface area contributed by atoms with E-state index in [0.29, 0.717) is 41.5 Å². The smallest absolute Gasteiger partial charge is 0.253 e. The van der Waals surface area contributed by atoms with E-state index in [1.54, 1.807) is 36.3 Å². The topological polar surface area (TPSA) is 102 Å². The van der Waals surface area contributed by atoms with Crippen molar-refractivity contribution in [2.45, 2.75) is 51.9 Å². The van der Waals surface area contributed by atoms with Crippen LogP contribution in [0.15, 0.2) is 76.1 Å². The molecule has 0 aliphatic rings. The van der Waals surface area contributed by atoms with Gasteiger partial charge >= 0.3 is 0 Å². The average Bonchev–Trinajstić information content (AvgIpc) is 3.63. The lowest BCUT2D eigenvalue weighted by atomic mass is 9.98. The third kappa shape index (κ3) is 5.46. The molecule has 0 aliphatic carbocycles. The number of hydrogen-bond acceptors (Lipinski definition) is 7. The van der Waals surface area contributed by atoms with Crippen molar-refractivity contribution >= 4 is 10.9 Å². The number of aromatic amines is 1. The van der Waals surface area contributed by atoms with Crippen molar-refractivity contribution in [3.05, 3.63) is 106 Å². The van der Waals surface area contributed by atoms with Gasteiger partial charge in [-0.25, -0.2) is 9.07 Å². The molecular formula is C29H31FN6O3. The molecule has 0 amide bonds. The maximum atomic E-state index is 13.7. The first-order chi connectivity index (χ1) is 18.8. The molecule has 1 atom stereocenters. The van der Waals surface area contributed by atoms with Gasteiger partial charge in [0.1, 0.15) is 23.4 Å². The molecule has 9 nitrogen and oxygen atoms in total. The van der Waals surface area contributed by atoms with Crippen molar-refractivity contribution in [3.8, 4) is 5.75 Å². The third-order valence-electron chi connectivity index (χ3n) is 7.15. The highest BCUT2D eigenvalue weighted by atomic mass is 19.1. The number of rotatable bonds is 10. The summed E-state index contributed by atoms with van der Waals surface area (Å²) in [6.45, 7) is 6.89. The Hall–Kier alpha value is -4.31. The lowest BCUT2D eigenvalue weighted by molar-refractivity contribution is 0.168. The molecule has 3 heterocycles. The Labute approximate surface area is 225 Å². The van der Waals surface area contributed by atoms with E-state index in [2.05, 4.69) is 46.2 Å². The number of benzene rings is 2. The second kappa shape index (κ2) is 10.8. The summed E-state index contributed by atoms with van der Waals surface area (Å²) in [5.74, 6) is 1.58. The zero-order valence-electron chi connectivity index (χ0n) is 22.4. The number of nitrogens with zero attached hydrogens (tertiary/aromatic N) is 5. The highest BCUT2D eigenvalue weighted by Crippen LogP contribution is 2.33. The zero-order chi connectivity index (χ0) is 27.6. The molecule has 2 aromatic carbocycles. The molecule has 0 saturated heterocycles. The molecule has 39 heavy (non-hydrogen) atoms. The average molecular weight is 531 g/mol. The number of aromatic nitrogens is 5. The number of nitrogens with one attached hydrogen (secondary N) is 1. The number of hydrogen-bond donors (Lipinski definition) is 1. The van der Waals surface area contributed by atoms with Crippen molar-refractivity contribution in [1.29, 1.82) is 0 Å². The highest BCUT2D eigenvalue weighted by molar-refractivity contribution is 5.80. The van der Waals surface area contributed by atoms with Gasteiger partial charge in [-0.2, -0.15) is 0 Å². The van der Waals surface area contributed by atoms with Crippen molar-refractivity contribution in [1.82, 2.24) is 30.1 Å². The first-order valence-electron chi connectivity index (χ1n) is 12.8. The van der Waals surface area contributed by atoms with E-state index >= 15 is 0 Å². The Balaban J connectivity index is 1.73. The number of ether oxygens (including phenoxy) is 1. The largest absolute Gasteiger partial charge is 0.497 e. The molecule has 0 saturated carbocycles. The van der Waals surface area contributed by atoms with Crippen molar-refractivity contribution in [2.75, 3.05) is 7.11 Å². The van der Waals surface area contributed by atoms with Crippen LogP contribution in [0.1, 0.15) is 55.9 Å². The quantitative estimate of drug-likeness (QED) is 0.265. The van der Waals surface area contributed by atoms with Gasteiger partial charge in [0, 0.05) is 23.0 Å². The van der Waals surface area contributed by atoms with Gasteiger partial charge in [0.05, 0.1) is 25.5 Å². The molecule has 0 aliphatic heterocycles. The molecule has 0 bridgehead atoms. The maximum absolute atomic E-state index is 13.7. The van der Waals surface area contributed by atoms with Crippen molar-refractivity contribution < 1.29 is 13.5 Å². The maximum Gasteiger partial charge on any atom is 0.253 e. The van der Waals surface area contributed by atoms with Crippen LogP contribution in [0.25, 0.3) is 10.9 Å². The van der Waals surface area contributed by atoms with Gasteiger partial charge in [0.2, 0.25) is 0 Å². The minimum absolute atomic E-state index is 0.259. The summed E-state index contributed by atoms with van der Waals surface area (Å²) in [4.78, 5) is 18.8. The minimum atomic E-state index is -0.666. The normalized spacial score (nSPS) is 12.8. The molecule has 5 rings (SSSR count). The van der Waals surface area contributed by atoms with Crippen LogP contribution >= 0.6 is 0 Å². The van der Waals surface area contributed by atoms with Gasteiger partial charge in [-0.05, 0) is 84.8 Å². The Kier molecular flexibility index (Phi) is 7.30. The summed E-state index contributed by atoms with van der Waals surface area (Å²) in [5.41, 5.74) is 1.34. The molecular weight excluding hydrogens is 499 g/mol. The van der Waals surface area contributed by atoms with Gasteiger partial charge < -0.3 is 14.1 Å². The van der Waals surface area contributed by atoms with Crippen LogP contribution < -0.4 is 10.3 Å². The Morgan fingerprint density at radius 1 is 1.13 bits per heavy atom. The number of methoxy groups -OCH3 is 1. The van der Waals surface area contributed by atoms with Crippen LogP contribution in [0.2, 0.25) is 0 Å². The Morgan fingerprint density at radius 2 is 1.92 bits per heavy atom. The van der Waals surface area contributed by atoms with Crippen LogP contribution in [0.3, 0.4) is 0 Å². The fraction of sp³-hybridized carbons (Fsp3) is 0.310. The van der Waals surface area contributed by atoms with E-state index in [0.717, 1.165) is 17.4 Å². The van der Waals surface area contributed by atoms with E-state index in [4.69, 9.17) is 9.15 Å². The summed E-state index contributed by atoms with van der Waals surface area (Å²) in [6.07, 6.45) is 2.37. The number of tetrazole rings is 1. The highest BCUT2D eigenvalue weighted by Gasteiger charge is 2.35. The number of H-pyrrole nitrogens is 1. The van der Waals surface area contributed by atoms with E-state index in [1.165, 1.54) is 12.1 Å². The first-order valence-corrected chi connectivity index (χ1v) is 12.8. The van der Waals surface area contributed by atoms with Gasteiger partial charge in [0.25, 0.3) is 5.56 Å². The van der Waals surface area contributed by atoms with Crippen LogP contribution in [-0.2, 0) is 18.6 Å². The fourth-order valence-corrected chi connectivity index (χ4v) is 4.64. The predicted molar refractivity (Wildman–Crippen MR) is 145 cm³/mol. The lowest BCUT2D eigenvalue weighted by Gasteiger charge is -2.33. The van der Waals surface area contributed by atoms with E-state index in [1.807, 2.05) is 30.3 Å². The van der Waals surface area contributed by atoms with Crippen LogP contribution in [0, 0.1) is 5.82 Å². The van der Waals surface area contributed by atoms with E-state index < -0.39 is 11.6 Å². The summed E-state index contributed by atoms with van der Waals surface area (Å²) in [7, 11) is 1.60. The number of halogens is 1. The van der Waals surface area contributed by atoms with Gasteiger partial charge in [-0.15, -0.1) is 5.10 Å². The molecule has 202 valence electrons. The number of pyridine rings is 1. The first kappa shape index (κ1) is 26.3. The van der Waals surface area contributed by atoms with Crippen molar-refractivity contribution in [2.24, 2.45) is 0 Å². The van der Waals surface area contributed by atoms with Gasteiger partial charge in [-0.1, -0.05) is 19.1 Å². The minimum Gasteiger partial charge on any atom is -0.497 e. The Morgan fingerprint density at radius 3 is 2.62 bits per heavy atom. The molecule has 5 aromatic rings. The summed E-state index contributed by atoms with van der Waals surface area (Å²) in [5, 5.41) is 13.6. The third-order valence-corrected chi connectivity index (χ3v) is 7.15. The molecule has 0 fully saturated rings. The lowest BCUT2D eigenvalue weighted by Crippen LogP contribution is -2.38. The van der Waals surface area contributed by atoms with E-state index in [9.17, 15) is 9.18 Å². The zero-order valence-corrected chi connectivity index (χ0v) is 22.4. The summed E-state index contributed by atoms with van der Waals surface area (Å²) in [6, 6.07) is 16.7. The number of fused-ring (bicyclic) bond motifs is 1. The summed E-state index contributed by atoms with van der Waals surface area (Å²) >= 11 is 0. The van der Waals surface area contributed by atoms with Crippen molar-refractivity contribution in [3.63, 3.8) is 0 Å². The molecule has 1 unspecified atom stereocenters. The van der Waals surface area contributed by atoms with Crippen LogP contribution in [0.4, 0.5) is 4.39 Å². The van der Waals surface area contributed by atoms with Crippen LogP contribution in [-0.4, -0.2) is 37.2 Å².